The predicted molar refractivity (Wildman–Crippen MR) is 85.3 cm³/mol. The third-order valence-corrected chi connectivity index (χ3v) is 3.47. The van der Waals surface area contributed by atoms with Gasteiger partial charge in [-0.25, -0.2) is 4.98 Å². The number of amides is 1. The smallest absolute Gasteiger partial charge is 0.274 e. The highest BCUT2D eigenvalue weighted by Crippen LogP contribution is 2.22. The highest BCUT2D eigenvalue weighted by Gasteiger charge is 2.10. The van der Waals surface area contributed by atoms with E-state index in [2.05, 4.69) is 38.5 Å². The van der Waals surface area contributed by atoms with E-state index in [9.17, 15) is 4.79 Å². The average molecular weight is 334 g/mol. The monoisotopic (exact) mass is 333 g/mol. The molecular weight excluding hydrogens is 318 g/mol. The summed E-state index contributed by atoms with van der Waals surface area (Å²) in [5, 5.41) is 5.87. The van der Waals surface area contributed by atoms with Crippen LogP contribution in [0, 0.1) is 0 Å². The Morgan fingerprint density at radius 2 is 2.10 bits per heavy atom. The minimum atomic E-state index is -0.204. The molecule has 0 bridgehead atoms. The number of nitrogens with one attached hydrogen (secondary N) is 2. The van der Waals surface area contributed by atoms with E-state index in [1.54, 1.807) is 12.3 Å². The molecule has 20 heavy (non-hydrogen) atoms. The van der Waals surface area contributed by atoms with Crippen molar-refractivity contribution >= 4 is 33.2 Å². The van der Waals surface area contributed by atoms with Crippen molar-refractivity contribution in [1.29, 1.82) is 0 Å². The minimum absolute atomic E-state index is 0.204. The number of aryl methyl sites for hydroxylation is 1. The first-order valence-electron chi connectivity index (χ1n) is 6.37. The molecular formula is C15H16BrN3O. The number of hydrogen-bond acceptors (Lipinski definition) is 3. The molecule has 1 aromatic heterocycles. The first-order valence-corrected chi connectivity index (χ1v) is 7.17. The molecule has 0 radical (unpaired) electrons. The summed E-state index contributed by atoms with van der Waals surface area (Å²) >= 11 is 3.43. The molecule has 1 aromatic carbocycles. The minimum Gasteiger partial charge on any atom is -0.387 e. The number of benzene rings is 1. The van der Waals surface area contributed by atoms with Crippen LogP contribution in [0.2, 0.25) is 0 Å². The van der Waals surface area contributed by atoms with Crippen molar-refractivity contribution in [2.45, 2.75) is 13.3 Å². The Kier molecular flexibility index (Phi) is 4.74. The summed E-state index contributed by atoms with van der Waals surface area (Å²) in [7, 11) is 1.81. The molecule has 0 spiro atoms. The number of pyridine rings is 1. The van der Waals surface area contributed by atoms with Crippen LogP contribution >= 0.6 is 15.9 Å². The van der Waals surface area contributed by atoms with E-state index in [-0.39, 0.29) is 5.91 Å². The zero-order valence-electron chi connectivity index (χ0n) is 11.4. The van der Waals surface area contributed by atoms with Gasteiger partial charge in [-0.1, -0.05) is 22.9 Å². The molecule has 0 unspecified atom stereocenters. The molecule has 2 N–H and O–H groups in total. The lowest BCUT2D eigenvalue weighted by Gasteiger charge is -2.10. The van der Waals surface area contributed by atoms with Crippen molar-refractivity contribution in [3.8, 4) is 0 Å². The van der Waals surface area contributed by atoms with Crippen LogP contribution < -0.4 is 10.6 Å². The lowest BCUT2D eigenvalue weighted by molar-refractivity contribution is 0.102. The Bertz CT molecular complexity index is 611. The Labute approximate surface area is 126 Å². The number of nitrogens with zero attached hydrogens (tertiary/aromatic N) is 1. The summed E-state index contributed by atoms with van der Waals surface area (Å²) in [6.45, 7) is 2.05. The van der Waals surface area contributed by atoms with Gasteiger partial charge in [-0.3, -0.25) is 4.79 Å². The van der Waals surface area contributed by atoms with Crippen LogP contribution in [0.25, 0.3) is 0 Å². The maximum Gasteiger partial charge on any atom is 0.274 e. The van der Waals surface area contributed by atoms with E-state index >= 15 is 0 Å². The fraction of sp³-hybridized carbons (Fsp3) is 0.200. The summed E-state index contributed by atoms with van der Waals surface area (Å²) in [5.74, 6) is -0.204. The summed E-state index contributed by atoms with van der Waals surface area (Å²) in [5.41, 5.74) is 3.17. The Balaban J connectivity index is 2.18. The second-order valence-electron chi connectivity index (χ2n) is 4.29. The normalized spacial score (nSPS) is 10.2. The lowest BCUT2D eigenvalue weighted by Crippen LogP contribution is -2.14. The molecule has 0 aliphatic carbocycles. The number of carbonyl (C=O) groups is 1. The number of halogens is 1. The number of aromatic nitrogens is 1. The van der Waals surface area contributed by atoms with Gasteiger partial charge in [0.2, 0.25) is 0 Å². The van der Waals surface area contributed by atoms with Crippen molar-refractivity contribution in [1.82, 2.24) is 4.98 Å². The second-order valence-corrected chi connectivity index (χ2v) is 5.21. The van der Waals surface area contributed by atoms with Gasteiger partial charge in [0.1, 0.15) is 5.69 Å². The molecule has 2 aromatic rings. The Morgan fingerprint density at radius 3 is 2.70 bits per heavy atom. The van der Waals surface area contributed by atoms with Gasteiger partial charge in [0, 0.05) is 17.2 Å². The van der Waals surface area contributed by atoms with Gasteiger partial charge < -0.3 is 10.6 Å². The van der Waals surface area contributed by atoms with Gasteiger partial charge in [-0.05, 0) is 42.3 Å². The standard InChI is InChI=1S/C15H16BrN3O/c1-3-10-8-11(16)4-6-13(10)19-15(20)14-7-5-12(17-2)9-18-14/h4-9,17H,3H2,1-2H3,(H,19,20). The van der Waals surface area contributed by atoms with E-state index in [0.29, 0.717) is 5.69 Å². The van der Waals surface area contributed by atoms with Crippen LogP contribution in [-0.2, 0) is 6.42 Å². The summed E-state index contributed by atoms with van der Waals surface area (Å²) in [6.07, 6.45) is 2.48. The predicted octanol–water partition coefficient (Wildman–Crippen LogP) is 3.70. The molecule has 0 aliphatic heterocycles. The number of carbonyl (C=O) groups excluding carboxylic acids is 1. The summed E-state index contributed by atoms with van der Waals surface area (Å²) < 4.78 is 1.00. The highest BCUT2D eigenvalue weighted by molar-refractivity contribution is 9.10. The third kappa shape index (κ3) is 3.36. The topological polar surface area (TPSA) is 54.0 Å². The first kappa shape index (κ1) is 14.5. The number of hydrogen-bond donors (Lipinski definition) is 2. The van der Waals surface area contributed by atoms with Gasteiger partial charge in [-0.2, -0.15) is 0 Å². The molecule has 104 valence electrons. The van der Waals surface area contributed by atoms with Gasteiger partial charge in [0.25, 0.3) is 5.91 Å². The molecule has 0 fully saturated rings. The van der Waals surface area contributed by atoms with Crippen molar-refractivity contribution in [2.24, 2.45) is 0 Å². The highest BCUT2D eigenvalue weighted by atomic mass is 79.9. The Morgan fingerprint density at radius 1 is 1.30 bits per heavy atom. The largest absolute Gasteiger partial charge is 0.387 e. The van der Waals surface area contributed by atoms with E-state index in [1.807, 2.05) is 31.3 Å². The van der Waals surface area contributed by atoms with Crippen molar-refractivity contribution in [2.75, 3.05) is 17.7 Å². The van der Waals surface area contributed by atoms with Crippen LogP contribution in [0.15, 0.2) is 41.0 Å². The molecule has 0 aliphatic rings. The summed E-state index contributed by atoms with van der Waals surface area (Å²) in [6, 6.07) is 9.33. The third-order valence-electron chi connectivity index (χ3n) is 2.98. The van der Waals surface area contributed by atoms with Crippen molar-refractivity contribution < 1.29 is 4.79 Å². The van der Waals surface area contributed by atoms with Crippen molar-refractivity contribution in [3.05, 3.63) is 52.3 Å². The van der Waals surface area contributed by atoms with E-state index in [0.717, 1.165) is 27.8 Å². The van der Waals surface area contributed by atoms with Crippen LogP contribution in [0.3, 0.4) is 0 Å². The van der Waals surface area contributed by atoms with Gasteiger partial charge in [0.15, 0.2) is 0 Å². The molecule has 5 heteroatoms. The summed E-state index contributed by atoms with van der Waals surface area (Å²) in [4.78, 5) is 16.3. The fourth-order valence-corrected chi connectivity index (χ4v) is 2.25. The Hall–Kier alpha value is -1.88. The fourth-order valence-electron chi connectivity index (χ4n) is 1.84. The molecule has 0 saturated carbocycles. The maximum absolute atomic E-state index is 12.2. The zero-order valence-corrected chi connectivity index (χ0v) is 13.0. The maximum atomic E-state index is 12.2. The molecule has 0 atom stereocenters. The zero-order chi connectivity index (χ0) is 14.5. The molecule has 1 amide bonds. The molecule has 4 nitrogen and oxygen atoms in total. The van der Waals surface area contributed by atoms with Crippen LogP contribution in [-0.4, -0.2) is 17.9 Å². The second kappa shape index (κ2) is 6.52. The number of rotatable bonds is 4. The van der Waals surface area contributed by atoms with Crippen LogP contribution in [0.1, 0.15) is 23.0 Å². The number of anilines is 2. The SMILES string of the molecule is CCc1cc(Br)ccc1NC(=O)c1ccc(NC)cn1. The van der Waals surface area contributed by atoms with Crippen molar-refractivity contribution in [3.63, 3.8) is 0 Å². The van der Waals surface area contributed by atoms with Crippen LogP contribution in [0.4, 0.5) is 11.4 Å². The molecule has 0 saturated heterocycles. The van der Waals surface area contributed by atoms with Gasteiger partial charge in [0.05, 0.1) is 11.9 Å². The van der Waals surface area contributed by atoms with E-state index < -0.39 is 0 Å². The first-order chi connectivity index (χ1) is 9.63. The lowest BCUT2D eigenvalue weighted by atomic mass is 10.1. The molecule has 2 rings (SSSR count). The van der Waals surface area contributed by atoms with Gasteiger partial charge in [-0.15, -0.1) is 0 Å². The van der Waals surface area contributed by atoms with Crippen LogP contribution in [0.5, 0.6) is 0 Å². The van der Waals surface area contributed by atoms with E-state index in [4.69, 9.17) is 0 Å². The van der Waals surface area contributed by atoms with E-state index in [1.165, 1.54) is 0 Å². The molecule has 1 heterocycles. The quantitative estimate of drug-likeness (QED) is 0.896. The average Bonchev–Trinajstić information content (AvgIpc) is 2.49. The van der Waals surface area contributed by atoms with Gasteiger partial charge >= 0.3 is 0 Å².